The maximum atomic E-state index is 5.97. The van der Waals surface area contributed by atoms with E-state index in [1.54, 1.807) is 0 Å². The number of benzene rings is 1. The Morgan fingerprint density at radius 2 is 1.21 bits per heavy atom. The fourth-order valence-corrected chi connectivity index (χ4v) is 5.47. The van der Waals surface area contributed by atoms with Gasteiger partial charge in [0.2, 0.25) is 0 Å². The van der Waals surface area contributed by atoms with Gasteiger partial charge >= 0.3 is 0 Å². The molecule has 1 aromatic rings. The van der Waals surface area contributed by atoms with E-state index < -0.39 is 0 Å². The van der Waals surface area contributed by atoms with Gasteiger partial charge in [-0.15, -0.1) is 0 Å². The van der Waals surface area contributed by atoms with Crippen LogP contribution >= 0.6 is 0 Å². The van der Waals surface area contributed by atoms with Crippen LogP contribution in [-0.2, 0) is 45.6 Å². The van der Waals surface area contributed by atoms with E-state index in [-0.39, 0.29) is 32.7 Å². The van der Waals surface area contributed by atoms with Crippen molar-refractivity contribution in [3.63, 3.8) is 0 Å². The van der Waals surface area contributed by atoms with Gasteiger partial charge in [0.15, 0.2) is 0 Å². The summed E-state index contributed by atoms with van der Waals surface area (Å²) in [6.45, 7) is 6.94. The van der Waals surface area contributed by atoms with Crippen LogP contribution < -0.4 is 9.47 Å². The molecule has 2 nitrogen and oxygen atoms in total. The van der Waals surface area contributed by atoms with Crippen LogP contribution in [-0.4, -0.2) is 14.2 Å². The molecule has 0 unspecified atom stereocenters. The van der Waals surface area contributed by atoms with Crippen LogP contribution in [0.2, 0.25) is 0 Å². The molecule has 0 spiro atoms. The molecule has 0 bridgehead atoms. The van der Waals surface area contributed by atoms with Crippen LogP contribution in [0.1, 0.15) is 80.5 Å². The van der Waals surface area contributed by atoms with E-state index in [0.717, 1.165) is 35.7 Å². The standard InChI is InChI=1S/C25H39O2.Y/c1-17-11-13-21(14-12-17)15-22-18(2)24(26-4)23(25(27-5)19(22)3)16-20-9-7-6-8-10-20;/h6,17,20-21H,7-16H2,1-5H3;/q-1;. The molecule has 2 aliphatic carbocycles. The zero-order chi connectivity index (χ0) is 19.4. The Balaban J connectivity index is 0.00000280. The predicted octanol–water partition coefficient (Wildman–Crippen LogP) is 6.62. The number of ether oxygens (including phenoxy) is 2. The molecule has 0 saturated heterocycles. The number of methoxy groups -OCH3 is 2. The summed E-state index contributed by atoms with van der Waals surface area (Å²) in [6.07, 6.45) is 15.3. The summed E-state index contributed by atoms with van der Waals surface area (Å²) in [6, 6.07) is 0. The Labute approximate surface area is 198 Å². The Hall–Kier alpha value is -0.0761. The van der Waals surface area contributed by atoms with E-state index in [1.807, 2.05) is 14.2 Å². The maximum Gasteiger partial charge on any atom is 0.128 e. The minimum atomic E-state index is 0. The third-order valence-electron chi connectivity index (χ3n) is 7.22. The van der Waals surface area contributed by atoms with Gasteiger partial charge in [-0.2, -0.15) is 12.8 Å². The van der Waals surface area contributed by atoms with Gasteiger partial charge in [-0.1, -0.05) is 32.6 Å². The molecule has 0 amide bonds. The SMILES string of the molecule is COc1c(C)c(CC2CCC(C)CC2)c(C)c(OC)c1CC1CC[CH-]CC1.[Y]. The average Bonchev–Trinajstić information content (AvgIpc) is 2.68. The van der Waals surface area contributed by atoms with Gasteiger partial charge in [-0.3, -0.25) is 0 Å². The molecule has 3 heteroatoms. The molecule has 28 heavy (non-hydrogen) atoms. The Morgan fingerprint density at radius 3 is 1.71 bits per heavy atom. The van der Waals surface area contributed by atoms with Gasteiger partial charge in [0.25, 0.3) is 0 Å². The van der Waals surface area contributed by atoms with E-state index >= 15 is 0 Å². The van der Waals surface area contributed by atoms with Crippen LogP contribution in [0.25, 0.3) is 0 Å². The second-order valence-corrected chi connectivity index (χ2v) is 9.12. The van der Waals surface area contributed by atoms with Gasteiger partial charge in [0.1, 0.15) is 11.5 Å². The molecule has 2 fully saturated rings. The van der Waals surface area contributed by atoms with Gasteiger partial charge in [0.05, 0.1) is 14.2 Å². The van der Waals surface area contributed by atoms with Crippen molar-refractivity contribution in [2.45, 2.75) is 85.0 Å². The largest absolute Gasteiger partial charge is 0.496 e. The molecule has 0 heterocycles. The Kier molecular flexibility index (Phi) is 9.81. The van der Waals surface area contributed by atoms with Gasteiger partial charge in [0, 0.05) is 38.3 Å². The van der Waals surface area contributed by atoms with Crippen molar-refractivity contribution in [3.05, 3.63) is 28.7 Å². The van der Waals surface area contributed by atoms with Crippen LogP contribution in [0.4, 0.5) is 0 Å². The smallest absolute Gasteiger partial charge is 0.128 e. The van der Waals surface area contributed by atoms with Crippen LogP contribution in [0.15, 0.2) is 0 Å². The number of hydrogen-bond acceptors (Lipinski definition) is 2. The summed E-state index contributed by atoms with van der Waals surface area (Å²) in [5.41, 5.74) is 5.49. The normalized spacial score (nSPS) is 23.2. The van der Waals surface area contributed by atoms with Crippen molar-refractivity contribution in [1.29, 1.82) is 0 Å². The van der Waals surface area contributed by atoms with Crippen LogP contribution in [0.5, 0.6) is 11.5 Å². The molecule has 0 aromatic heterocycles. The molecular formula is C25H39O2Y-. The van der Waals surface area contributed by atoms with Gasteiger partial charge in [-0.25, -0.2) is 0 Å². The molecule has 0 N–H and O–H groups in total. The average molecular weight is 460 g/mol. The molecule has 0 aliphatic heterocycles. The van der Waals surface area contributed by atoms with Crippen molar-refractivity contribution < 1.29 is 42.2 Å². The number of rotatable bonds is 6. The predicted molar refractivity (Wildman–Crippen MR) is 114 cm³/mol. The summed E-state index contributed by atoms with van der Waals surface area (Å²) >= 11 is 0. The Bertz CT molecular complexity index is 595. The molecule has 155 valence electrons. The molecule has 1 radical (unpaired) electrons. The fraction of sp³-hybridized carbons (Fsp3) is 0.720. The minimum absolute atomic E-state index is 0. The second-order valence-electron chi connectivity index (χ2n) is 9.12. The third kappa shape index (κ3) is 5.54. The van der Waals surface area contributed by atoms with Crippen LogP contribution in [0.3, 0.4) is 0 Å². The molecule has 0 atom stereocenters. The summed E-state index contributed by atoms with van der Waals surface area (Å²) in [5, 5.41) is 0. The fourth-order valence-electron chi connectivity index (χ4n) is 5.47. The summed E-state index contributed by atoms with van der Waals surface area (Å²) in [5.74, 6) is 4.65. The minimum Gasteiger partial charge on any atom is -0.496 e. The van der Waals surface area contributed by atoms with Crippen molar-refractivity contribution in [3.8, 4) is 11.5 Å². The molecule has 3 rings (SSSR count). The van der Waals surface area contributed by atoms with Crippen molar-refractivity contribution in [1.82, 2.24) is 0 Å². The van der Waals surface area contributed by atoms with Crippen LogP contribution in [0, 0.1) is 38.0 Å². The summed E-state index contributed by atoms with van der Waals surface area (Å²) in [7, 11) is 3.67. The topological polar surface area (TPSA) is 18.5 Å². The quantitative estimate of drug-likeness (QED) is 0.444. The van der Waals surface area contributed by atoms with Crippen molar-refractivity contribution in [2.75, 3.05) is 14.2 Å². The van der Waals surface area contributed by atoms with Crippen molar-refractivity contribution in [2.24, 2.45) is 17.8 Å². The first-order chi connectivity index (χ1) is 13.0. The van der Waals surface area contributed by atoms with E-state index in [1.165, 1.54) is 80.0 Å². The zero-order valence-electron chi connectivity index (χ0n) is 18.8. The van der Waals surface area contributed by atoms with E-state index in [2.05, 4.69) is 27.2 Å². The van der Waals surface area contributed by atoms with Gasteiger partial charge in [-0.05, 0) is 74.0 Å². The van der Waals surface area contributed by atoms with E-state index in [0.29, 0.717) is 0 Å². The summed E-state index contributed by atoms with van der Waals surface area (Å²) in [4.78, 5) is 0. The van der Waals surface area contributed by atoms with Gasteiger partial charge < -0.3 is 15.9 Å². The third-order valence-corrected chi connectivity index (χ3v) is 7.22. The monoisotopic (exact) mass is 460 g/mol. The zero-order valence-corrected chi connectivity index (χ0v) is 21.6. The second kappa shape index (κ2) is 11.4. The molecule has 2 aliphatic rings. The first-order valence-electron chi connectivity index (χ1n) is 11.1. The van der Waals surface area contributed by atoms with E-state index in [4.69, 9.17) is 9.47 Å². The summed E-state index contributed by atoms with van der Waals surface area (Å²) < 4.78 is 11.9. The number of hydrogen-bond donors (Lipinski definition) is 0. The van der Waals surface area contributed by atoms with Crippen molar-refractivity contribution >= 4 is 0 Å². The first kappa shape index (κ1) is 24.2. The molecule has 1 aromatic carbocycles. The maximum absolute atomic E-state index is 5.97. The Morgan fingerprint density at radius 1 is 0.750 bits per heavy atom. The molecular weight excluding hydrogens is 421 g/mol. The van der Waals surface area contributed by atoms with E-state index in [9.17, 15) is 0 Å². The first-order valence-corrected chi connectivity index (χ1v) is 11.1. The molecule has 2 saturated carbocycles.